The van der Waals surface area contributed by atoms with Gasteiger partial charge in [0.05, 0.1) is 31.1 Å². The fourth-order valence-corrected chi connectivity index (χ4v) is 4.09. The Hall–Kier alpha value is -2.84. The Labute approximate surface area is 169 Å². The first-order chi connectivity index (χ1) is 14.1. The van der Waals surface area contributed by atoms with Crippen LogP contribution in [0, 0.1) is 0 Å². The van der Waals surface area contributed by atoms with E-state index in [2.05, 4.69) is 14.9 Å². The molecule has 1 aromatic heterocycles. The van der Waals surface area contributed by atoms with Crippen molar-refractivity contribution >= 4 is 11.8 Å². The van der Waals surface area contributed by atoms with Crippen molar-refractivity contribution in [2.45, 2.75) is 25.0 Å². The third-order valence-corrected chi connectivity index (χ3v) is 5.51. The second-order valence-corrected chi connectivity index (χ2v) is 7.42. The summed E-state index contributed by atoms with van der Waals surface area (Å²) >= 11 is 0. The number of carbonyl (C=O) groups excluding carboxylic acids is 2. The van der Waals surface area contributed by atoms with E-state index in [0.29, 0.717) is 13.2 Å². The maximum atomic E-state index is 13.3. The number of nitrogens with two attached hydrogens (primary N) is 1. The van der Waals surface area contributed by atoms with Crippen LogP contribution < -0.4 is 5.73 Å². The van der Waals surface area contributed by atoms with Crippen molar-refractivity contribution in [2.24, 2.45) is 5.73 Å². The van der Waals surface area contributed by atoms with Crippen molar-refractivity contribution in [3.8, 4) is 0 Å². The standard InChI is InChI=1S/C21H25N5O3/c22-20(27)16-12-24-17(13-23-16)21(28)26-10-11-29-18(14-25-8-4-5-9-25)19(26)15-6-2-1-3-7-15/h1-3,6-7,12-13,18-19H,4-5,8-11,14H2,(H2,22,27)/t18-,19-/m0/s1. The molecule has 2 aliphatic rings. The molecule has 0 aliphatic carbocycles. The maximum Gasteiger partial charge on any atom is 0.274 e. The highest BCUT2D eigenvalue weighted by Gasteiger charge is 2.38. The van der Waals surface area contributed by atoms with Gasteiger partial charge in [-0.1, -0.05) is 30.3 Å². The Kier molecular flexibility index (Phi) is 5.82. The predicted octanol–water partition coefficient (Wildman–Crippen LogP) is 1.25. The number of amides is 2. The normalized spacial score (nSPS) is 22.6. The highest BCUT2D eigenvalue weighted by Crippen LogP contribution is 2.31. The van der Waals surface area contributed by atoms with Gasteiger partial charge in [0.1, 0.15) is 11.4 Å². The molecule has 2 saturated heterocycles. The van der Waals surface area contributed by atoms with Crippen LogP contribution in [0.2, 0.25) is 0 Å². The van der Waals surface area contributed by atoms with Crippen LogP contribution in [0.25, 0.3) is 0 Å². The van der Waals surface area contributed by atoms with Gasteiger partial charge in [0.15, 0.2) is 0 Å². The van der Waals surface area contributed by atoms with Crippen LogP contribution in [0.4, 0.5) is 0 Å². The molecule has 4 rings (SSSR count). The Balaban J connectivity index is 1.62. The van der Waals surface area contributed by atoms with Gasteiger partial charge < -0.3 is 20.3 Å². The molecule has 29 heavy (non-hydrogen) atoms. The Morgan fingerprint density at radius 2 is 1.72 bits per heavy atom. The Morgan fingerprint density at radius 1 is 1.03 bits per heavy atom. The summed E-state index contributed by atoms with van der Waals surface area (Å²) in [7, 11) is 0. The second kappa shape index (κ2) is 8.67. The SMILES string of the molecule is NC(=O)c1cnc(C(=O)N2CCO[C@@H](CN3CCCC3)[C@@H]2c2ccccc2)cn1. The zero-order valence-electron chi connectivity index (χ0n) is 16.2. The summed E-state index contributed by atoms with van der Waals surface area (Å²) in [5.41, 5.74) is 6.48. The molecular weight excluding hydrogens is 370 g/mol. The summed E-state index contributed by atoms with van der Waals surface area (Å²) in [5.74, 6) is -0.896. The van der Waals surface area contributed by atoms with Gasteiger partial charge in [-0.25, -0.2) is 9.97 Å². The quantitative estimate of drug-likeness (QED) is 0.818. The summed E-state index contributed by atoms with van der Waals surface area (Å²) in [4.78, 5) is 36.8. The van der Waals surface area contributed by atoms with E-state index in [0.717, 1.165) is 25.2 Å². The molecule has 0 bridgehead atoms. The van der Waals surface area contributed by atoms with E-state index in [1.165, 1.54) is 25.2 Å². The fraction of sp³-hybridized carbons (Fsp3) is 0.429. The molecule has 152 valence electrons. The van der Waals surface area contributed by atoms with Gasteiger partial charge in [-0.2, -0.15) is 0 Å². The van der Waals surface area contributed by atoms with Crippen LogP contribution in [0.1, 0.15) is 45.4 Å². The molecule has 8 nitrogen and oxygen atoms in total. The van der Waals surface area contributed by atoms with E-state index < -0.39 is 5.91 Å². The molecule has 1 aromatic carbocycles. The molecule has 2 aliphatic heterocycles. The van der Waals surface area contributed by atoms with Crippen LogP contribution in [0.15, 0.2) is 42.7 Å². The molecule has 8 heteroatoms. The number of likely N-dealkylation sites (tertiary alicyclic amines) is 1. The number of hydrogen-bond donors (Lipinski definition) is 1. The number of rotatable bonds is 5. The third-order valence-electron chi connectivity index (χ3n) is 5.51. The first-order valence-electron chi connectivity index (χ1n) is 9.95. The maximum absolute atomic E-state index is 13.3. The summed E-state index contributed by atoms with van der Waals surface area (Å²) < 4.78 is 6.14. The molecule has 0 radical (unpaired) electrons. The van der Waals surface area contributed by atoms with Gasteiger partial charge in [-0.05, 0) is 31.5 Å². The zero-order chi connectivity index (χ0) is 20.2. The molecular formula is C21H25N5O3. The van der Waals surface area contributed by atoms with Crippen molar-refractivity contribution in [3.63, 3.8) is 0 Å². The van der Waals surface area contributed by atoms with Crippen molar-refractivity contribution in [2.75, 3.05) is 32.8 Å². The minimum absolute atomic E-state index is 0.0371. The van der Waals surface area contributed by atoms with E-state index in [4.69, 9.17) is 10.5 Å². The lowest BCUT2D eigenvalue weighted by Gasteiger charge is -2.42. The molecule has 0 spiro atoms. The van der Waals surface area contributed by atoms with Gasteiger partial charge in [0.25, 0.3) is 11.8 Å². The number of primary amides is 1. The van der Waals surface area contributed by atoms with Gasteiger partial charge in [0.2, 0.25) is 0 Å². The number of aromatic nitrogens is 2. The molecule has 3 heterocycles. The smallest absolute Gasteiger partial charge is 0.274 e. The van der Waals surface area contributed by atoms with Gasteiger partial charge in [-0.3, -0.25) is 9.59 Å². The highest BCUT2D eigenvalue weighted by atomic mass is 16.5. The summed E-state index contributed by atoms with van der Waals surface area (Å²) in [6.45, 7) is 3.86. The number of nitrogens with zero attached hydrogens (tertiary/aromatic N) is 4. The largest absolute Gasteiger partial charge is 0.373 e. The van der Waals surface area contributed by atoms with E-state index in [9.17, 15) is 9.59 Å². The van der Waals surface area contributed by atoms with Crippen LogP contribution in [-0.2, 0) is 4.74 Å². The molecule has 2 atom stereocenters. The molecule has 2 amide bonds. The van der Waals surface area contributed by atoms with Crippen LogP contribution >= 0.6 is 0 Å². The number of benzene rings is 1. The summed E-state index contributed by atoms with van der Waals surface area (Å²) in [6.07, 6.45) is 4.84. The summed E-state index contributed by atoms with van der Waals surface area (Å²) in [6, 6.07) is 9.75. The van der Waals surface area contributed by atoms with E-state index in [1.807, 2.05) is 35.2 Å². The lowest BCUT2D eigenvalue weighted by molar-refractivity contribution is -0.0708. The molecule has 0 saturated carbocycles. The molecule has 2 fully saturated rings. The molecule has 2 N–H and O–H groups in total. The van der Waals surface area contributed by atoms with Gasteiger partial charge in [-0.15, -0.1) is 0 Å². The third kappa shape index (κ3) is 4.28. The predicted molar refractivity (Wildman–Crippen MR) is 106 cm³/mol. The number of hydrogen-bond acceptors (Lipinski definition) is 6. The van der Waals surface area contributed by atoms with Crippen molar-refractivity contribution in [3.05, 3.63) is 59.7 Å². The van der Waals surface area contributed by atoms with E-state index in [1.54, 1.807) is 0 Å². The lowest BCUT2D eigenvalue weighted by Crippen LogP contribution is -2.51. The van der Waals surface area contributed by atoms with Crippen LogP contribution in [0.3, 0.4) is 0 Å². The Bertz CT molecular complexity index is 852. The first kappa shape index (κ1) is 19.5. The zero-order valence-corrected chi connectivity index (χ0v) is 16.2. The minimum Gasteiger partial charge on any atom is -0.373 e. The molecule has 0 unspecified atom stereocenters. The topological polar surface area (TPSA) is 102 Å². The van der Waals surface area contributed by atoms with Crippen molar-refractivity contribution in [1.82, 2.24) is 19.8 Å². The monoisotopic (exact) mass is 395 g/mol. The van der Waals surface area contributed by atoms with Crippen LogP contribution in [0.5, 0.6) is 0 Å². The van der Waals surface area contributed by atoms with Gasteiger partial charge in [0, 0.05) is 13.1 Å². The average Bonchev–Trinajstić information content (AvgIpc) is 3.27. The minimum atomic E-state index is -0.671. The second-order valence-electron chi connectivity index (χ2n) is 7.42. The number of morpholine rings is 1. The lowest BCUT2D eigenvalue weighted by atomic mass is 9.97. The van der Waals surface area contributed by atoms with E-state index in [-0.39, 0.29) is 29.4 Å². The van der Waals surface area contributed by atoms with Crippen molar-refractivity contribution in [1.29, 1.82) is 0 Å². The van der Waals surface area contributed by atoms with E-state index >= 15 is 0 Å². The summed E-state index contributed by atoms with van der Waals surface area (Å²) in [5, 5.41) is 0. The van der Waals surface area contributed by atoms with Crippen LogP contribution in [-0.4, -0.2) is 70.5 Å². The fourth-order valence-electron chi connectivity index (χ4n) is 4.09. The number of ether oxygens (including phenoxy) is 1. The Morgan fingerprint density at radius 3 is 2.38 bits per heavy atom. The highest BCUT2D eigenvalue weighted by molar-refractivity contribution is 5.94. The molecule has 2 aromatic rings. The van der Waals surface area contributed by atoms with Crippen molar-refractivity contribution < 1.29 is 14.3 Å². The number of carbonyl (C=O) groups is 2. The average molecular weight is 395 g/mol. The van der Waals surface area contributed by atoms with Gasteiger partial charge >= 0.3 is 0 Å². The first-order valence-corrected chi connectivity index (χ1v) is 9.95.